The molecule has 104 valence electrons. The van der Waals surface area contributed by atoms with Gasteiger partial charge in [-0.3, -0.25) is 4.98 Å². The van der Waals surface area contributed by atoms with E-state index in [1.807, 2.05) is 48.5 Å². The Morgan fingerprint density at radius 3 is 2.33 bits per heavy atom. The summed E-state index contributed by atoms with van der Waals surface area (Å²) in [6.07, 6.45) is 2.70. The van der Waals surface area contributed by atoms with Crippen LogP contribution in [0.5, 0.6) is 5.75 Å². The molecule has 0 aliphatic carbocycles. The fourth-order valence-electron chi connectivity index (χ4n) is 2.25. The van der Waals surface area contributed by atoms with E-state index in [2.05, 4.69) is 29.2 Å². The smallest absolute Gasteiger partial charge is 0.128 e. The number of ether oxygens (including phenoxy) is 1. The van der Waals surface area contributed by atoms with Gasteiger partial charge in [-0.1, -0.05) is 48.5 Å². The van der Waals surface area contributed by atoms with E-state index in [0.29, 0.717) is 6.61 Å². The maximum atomic E-state index is 5.96. The lowest BCUT2D eigenvalue weighted by Gasteiger charge is -2.11. The second-order valence-corrected chi connectivity index (χ2v) is 4.80. The van der Waals surface area contributed by atoms with E-state index in [-0.39, 0.29) is 0 Å². The molecule has 0 spiro atoms. The summed E-state index contributed by atoms with van der Waals surface area (Å²) in [5, 5.41) is 0. The average Bonchev–Trinajstić information content (AvgIpc) is 2.57. The summed E-state index contributed by atoms with van der Waals surface area (Å²) in [4.78, 5) is 4.40. The summed E-state index contributed by atoms with van der Waals surface area (Å²) in [5.74, 6) is 0.882. The Labute approximate surface area is 125 Å². The van der Waals surface area contributed by atoms with Crippen LogP contribution in [0.15, 0.2) is 79.0 Å². The first-order chi connectivity index (χ1) is 10.4. The predicted octanol–water partition coefficient (Wildman–Crippen LogP) is 4.37. The van der Waals surface area contributed by atoms with Crippen molar-refractivity contribution in [2.24, 2.45) is 0 Å². The number of hydrogen-bond donors (Lipinski definition) is 0. The molecule has 21 heavy (non-hydrogen) atoms. The topological polar surface area (TPSA) is 22.1 Å². The molecule has 1 heterocycles. The van der Waals surface area contributed by atoms with Gasteiger partial charge in [-0.2, -0.15) is 0 Å². The highest BCUT2D eigenvalue weighted by molar-refractivity contribution is 5.66. The molecule has 0 amide bonds. The zero-order chi connectivity index (χ0) is 14.3. The van der Waals surface area contributed by atoms with Crippen molar-refractivity contribution in [3.8, 4) is 17.0 Å². The Kier molecular flexibility index (Phi) is 4.27. The summed E-state index contributed by atoms with van der Waals surface area (Å²) in [6.45, 7) is 0.661. The first-order valence-corrected chi connectivity index (χ1v) is 7.10. The standard InChI is InChI=1S/C19H17NO/c1-2-8-16(9-3-1)13-15-21-19-12-5-4-10-17(19)18-11-6-7-14-20-18/h1-12,14H,13,15H2. The normalized spacial score (nSPS) is 10.3. The number of nitrogens with zero attached hydrogens (tertiary/aromatic N) is 1. The molecule has 0 radical (unpaired) electrons. The van der Waals surface area contributed by atoms with Gasteiger partial charge in [-0.05, 0) is 29.8 Å². The van der Waals surface area contributed by atoms with Crippen molar-refractivity contribution in [3.63, 3.8) is 0 Å². The highest BCUT2D eigenvalue weighted by atomic mass is 16.5. The Balaban J connectivity index is 1.71. The number of aromatic nitrogens is 1. The predicted molar refractivity (Wildman–Crippen MR) is 85.3 cm³/mol. The van der Waals surface area contributed by atoms with Crippen molar-refractivity contribution in [2.75, 3.05) is 6.61 Å². The molecule has 0 bridgehead atoms. The third kappa shape index (κ3) is 3.48. The van der Waals surface area contributed by atoms with Crippen molar-refractivity contribution >= 4 is 0 Å². The molecular formula is C19H17NO. The van der Waals surface area contributed by atoms with Crippen molar-refractivity contribution in [2.45, 2.75) is 6.42 Å². The minimum atomic E-state index is 0.661. The van der Waals surface area contributed by atoms with E-state index in [9.17, 15) is 0 Å². The van der Waals surface area contributed by atoms with E-state index >= 15 is 0 Å². The molecule has 0 aliphatic rings. The zero-order valence-corrected chi connectivity index (χ0v) is 11.8. The lowest BCUT2D eigenvalue weighted by atomic mass is 10.1. The largest absolute Gasteiger partial charge is 0.493 e. The van der Waals surface area contributed by atoms with E-state index in [4.69, 9.17) is 4.74 Å². The molecule has 0 fully saturated rings. The molecule has 3 aromatic rings. The first-order valence-electron chi connectivity index (χ1n) is 7.10. The molecule has 0 saturated carbocycles. The lowest BCUT2D eigenvalue weighted by Crippen LogP contribution is -2.02. The Morgan fingerprint density at radius 2 is 1.52 bits per heavy atom. The van der Waals surface area contributed by atoms with Crippen molar-refractivity contribution in [1.82, 2.24) is 4.98 Å². The van der Waals surface area contributed by atoms with Gasteiger partial charge in [0.15, 0.2) is 0 Å². The quantitative estimate of drug-likeness (QED) is 0.689. The van der Waals surface area contributed by atoms with Gasteiger partial charge in [0.2, 0.25) is 0 Å². The van der Waals surface area contributed by atoms with Gasteiger partial charge in [0.05, 0.1) is 12.3 Å². The van der Waals surface area contributed by atoms with Crippen molar-refractivity contribution in [3.05, 3.63) is 84.6 Å². The first kappa shape index (κ1) is 13.4. The molecule has 2 aromatic carbocycles. The molecule has 0 N–H and O–H groups in total. The van der Waals surface area contributed by atoms with Gasteiger partial charge in [0, 0.05) is 18.2 Å². The van der Waals surface area contributed by atoms with Gasteiger partial charge >= 0.3 is 0 Å². The van der Waals surface area contributed by atoms with Crippen LogP contribution in [0.2, 0.25) is 0 Å². The Bertz CT molecular complexity index is 680. The van der Waals surface area contributed by atoms with Crippen LogP contribution in [-0.2, 0) is 6.42 Å². The molecule has 0 atom stereocenters. The number of hydrogen-bond acceptors (Lipinski definition) is 2. The lowest BCUT2D eigenvalue weighted by molar-refractivity contribution is 0.323. The van der Waals surface area contributed by atoms with Gasteiger partial charge in [0.25, 0.3) is 0 Å². The monoisotopic (exact) mass is 275 g/mol. The summed E-state index contributed by atoms with van der Waals surface area (Å²) < 4.78 is 5.96. The van der Waals surface area contributed by atoms with Crippen LogP contribution in [0.25, 0.3) is 11.3 Å². The van der Waals surface area contributed by atoms with Crippen LogP contribution in [0.4, 0.5) is 0 Å². The average molecular weight is 275 g/mol. The highest BCUT2D eigenvalue weighted by Crippen LogP contribution is 2.28. The molecule has 1 aromatic heterocycles. The van der Waals surface area contributed by atoms with Crippen LogP contribution in [0.3, 0.4) is 0 Å². The molecule has 0 saturated heterocycles. The van der Waals surface area contributed by atoms with Crippen LogP contribution in [-0.4, -0.2) is 11.6 Å². The minimum Gasteiger partial charge on any atom is -0.493 e. The number of pyridine rings is 1. The number of para-hydroxylation sites is 1. The van der Waals surface area contributed by atoms with Gasteiger partial charge in [-0.25, -0.2) is 0 Å². The second-order valence-electron chi connectivity index (χ2n) is 4.80. The molecule has 2 heteroatoms. The molecule has 3 rings (SSSR count). The van der Waals surface area contributed by atoms with E-state index in [1.54, 1.807) is 6.20 Å². The van der Waals surface area contributed by atoms with Crippen LogP contribution >= 0.6 is 0 Å². The van der Waals surface area contributed by atoms with Gasteiger partial charge in [-0.15, -0.1) is 0 Å². The van der Waals surface area contributed by atoms with Crippen LogP contribution in [0.1, 0.15) is 5.56 Å². The number of rotatable bonds is 5. The fourth-order valence-corrected chi connectivity index (χ4v) is 2.25. The summed E-state index contributed by atoms with van der Waals surface area (Å²) in [7, 11) is 0. The maximum Gasteiger partial charge on any atom is 0.128 e. The van der Waals surface area contributed by atoms with Crippen molar-refractivity contribution < 1.29 is 4.74 Å². The molecular weight excluding hydrogens is 258 g/mol. The maximum absolute atomic E-state index is 5.96. The SMILES string of the molecule is c1ccc(CCOc2ccccc2-c2ccccn2)cc1. The minimum absolute atomic E-state index is 0.661. The molecule has 0 unspecified atom stereocenters. The van der Waals surface area contributed by atoms with E-state index in [1.165, 1.54) is 5.56 Å². The van der Waals surface area contributed by atoms with Gasteiger partial charge in [0.1, 0.15) is 5.75 Å². The number of benzene rings is 2. The Hall–Kier alpha value is -2.61. The van der Waals surface area contributed by atoms with Gasteiger partial charge < -0.3 is 4.74 Å². The third-order valence-corrected chi connectivity index (χ3v) is 3.32. The second kappa shape index (κ2) is 6.71. The zero-order valence-electron chi connectivity index (χ0n) is 11.8. The fraction of sp³-hybridized carbons (Fsp3) is 0.105. The summed E-state index contributed by atoms with van der Waals surface area (Å²) >= 11 is 0. The van der Waals surface area contributed by atoms with Crippen LogP contribution in [0, 0.1) is 0 Å². The van der Waals surface area contributed by atoms with E-state index < -0.39 is 0 Å². The van der Waals surface area contributed by atoms with E-state index in [0.717, 1.165) is 23.4 Å². The third-order valence-electron chi connectivity index (χ3n) is 3.32. The summed E-state index contributed by atoms with van der Waals surface area (Å²) in [5.41, 5.74) is 3.26. The van der Waals surface area contributed by atoms with Crippen molar-refractivity contribution in [1.29, 1.82) is 0 Å². The highest BCUT2D eigenvalue weighted by Gasteiger charge is 2.06. The Morgan fingerprint density at radius 1 is 0.762 bits per heavy atom. The van der Waals surface area contributed by atoms with Crippen LogP contribution < -0.4 is 4.74 Å². The molecule has 0 aliphatic heterocycles. The summed E-state index contributed by atoms with van der Waals surface area (Å²) in [6, 6.07) is 24.3. The molecule has 2 nitrogen and oxygen atoms in total.